The molecular weight excluding hydrogens is 359 g/mol. The summed E-state index contributed by atoms with van der Waals surface area (Å²) in [5.41, 5.74) is 0.833. The Morgan fingerprint density at radius 2 is 1.88 bits per heavy atom. The molecular formula is C18H21FN2O4S. The summed E-state index contributed by atoms with van der Waals surface area (Å²) in [5.74, 6) is -0.408. The number of amides is 1. The van der Waals surface area contributed by atoms with Gasteiger partial charge in [-0.15, -0.1) is 0 Å². The lowest BCUT2D eigenvalue weighted by molar-refractivity contribution is -0.122. The maximum Gasteiger partial charge on any atom is 0.265 e. The van der Waals surface area contributed by atoms with Crippen LogP contribution in [0.5, 0.6) is 5.75 Å². The van der Waals surface area contributed by atoms with Crippen molar-refractivity contribution in [2.75, 3.05) is 22.9 Å². The molecule has 6 nitrogen and oxygen atoms in total. The van der Waals surface area contributed by atoms with Crippen LogP contribution in [0, 0.1) is 5.82 Å². The van der Waals surface area contributed by atoms with Crippen LogP contribution >= 0.6 is 0 Å². The van der Waals surface area contributed by atoms with Gasteiger partial charge in [0.15, 0.2) is 6.10 Å². The van der Waals surface area contributed by atoms with Gasteiger partial charge in [-0.05, 0) is 48.9 Å². The molecule has 2 aromatic rings. The Kier molecular flexibility index (Phi) is 6.20. The number of benzene rings is 2. The summed E-state index contributed by atoms with van der Waals surface area (Å²) in [7, 11) is -1.90. The largest absolute Gasteiger partial charge is 0.481 e. The molecule has 1 unspecified atom stereocenters. The van der Waals surface area contributed by atoms with Crippen LogP contribution in [0.15, 0.2) is 48.5 Å². The number of rotatable bonds is 7. The van der Waals surface area contributed by atoms with Gasteiger partial charge in [0.1, 0.15) is 11.6 Å². The fraction of sp³-hybridized carbons (Fsp3) is 0.278. The highest BCUT2D eigenvalue weighted by molar-refractivity contribution is 7.92. The van der Waals surface area contributed by atoms with E-state index in [1.165, 1.54) is 25.2 Å². The van der Waals surface area contributed by atoms with E-state index in [1.54, 1.807) is 37.3 Å². The van der Waals surface area contributed by atoms with Crippen molar-refractivity contribution < 1.29 is 22.3 Å². The van der Waals surface area contributed by atoms with Gasteiger partial charge in [0, 0.05) is 12.7 Å². The SMILES string of the molecule is CCC(Oc1ccc(N(C)S(C)(=O)=O)cc1)C(=O)Nc1cccc(F)c1. The lowest BCUT2D eigenvalue weighted by atomic mass is 10.2. The fourth-order valence-corrected chi connectivity index (χ4v) is 2.71. The molecule has 0 fully saturated rings. The van der Waals surface area contributed by atoms with Gasteiger partial charge in [0.2, 0.25) is 10.0 Å². The van der Waals surface area contributed by atoms with Gasteiger partial charge in [0.05, 0.1) is 11.9 Å². The Hall–Kier alpha value is -2.61. The number of halogens is 1. The summed E-state index contributed by atoms with van der Waals surface area (Å²) >= 11 is 0. The van der Waals surface area contributed by atoms with Gasteiger partial charge >= 0.3 is 0 Å². The van der Waals surface area contributed by atoms with Gasteiger partial charge in [0.25, 0.3) is 5.91 Å². The molecule has 1 amide bonds. The Morgan fingerprint density at radius 1 is 1.23 bits per heavy atom. The second-order valence-electron chi connectivity index (χ2n) is 5.74. The fourth-order valence-electron chi connectivity index (χ4n) is 2.20. The molecule has 0 saturated carbocycles. The van der Waals surface area contributed by atoms with Crippen LogP contribution in [0.25, 0.3) is 0 Å². The normalized spacial score (nSPS) is 12.3. The second kappa shape index (κ2) is 8.18. The summed E-state index contributed by atoms with van der Waals surface area (Å²) in [4.78, 5) is 12.3. The first kappa shape index (κ1) is 19.7. The first-order valence-corrected chi connectivity index (χ1v) is 9.82. The Morgan fingerprint density at radius 3 is 2.42 bits per heavy atom. The number of nitrogens with one attached hydrogen (secondary N) is 1. The number of anilines is 2. The number of hydrogen-bond donors (Lipinski definition) is 1. The van der Waals surface area contributed by atoms with Crippen LogP contribution in [0.3, 0.4) is 0 Å². The van der Waals surface area contributed by atoms with Crippen LogP contribution in [0.1, 0.15) is 13.3 Å². The lowest BCUT2D eigenvalue weighted by Crippen LogP contribution is -2.32. The maximum atomic E-state index is 13.2. The Labute approximate surface area is 152 Å². The minimum atomic E-state index is -3.35. The van der Waals surface area contributed by atoms with E-state index in [1.807, 2.05) is 0 Å². The van der Waals surface area contributed by atoms with Gasteiger partial charge in [-0.3, -0.25) is 9.10 Å². The Balaban J connectivity index is 2.06. The van der Waals surface area contributed by atoms with Crippen LogP contribution in [-0.4, -0.2) is 33.7 Å². The second-order valence-corrected chi connectivity index (χ2v) is 7.75. The van der Waals surface area contributed by atoms with Crippen LogP contribution < -0.4 is 14.4 Å². The van der Waals surface area contributed by atoms with Crippen molar-refractivity contribution in [3.05, 3.63) is 54.3 Å². The topological polar surface area (TPSA) is 75.7 Å². The number of sulfonamides is 1. The van der Waals surface area contributed by atoms with Crippen LogP contribution in [0.4, 0.5) is 15.8 Å². The molecule has 0 aliphatic rings. The molecule has 0 heterocycles. The molecule has 2 rings (SSSR count). The number of carbonyl (C=O) groups is 1. The first-order valence-electron chi connectivity index (χ1n) is 7.97. The third-order valence-corrected chi connectivity index (χ3v) is 4.94. The maximum absolute atomic E-state index is 13.2. The summed E-state index contributed by atoms with van der Waals surface area (Å²) in [5, 5.41) is 2.61. The third-order valence-electron chi connectivity index (χ3n) is 3.73. The number of carbonyl (C=O) groups excluding carboxylic acids is 1. The van der Waals surface area contributed by atoms with Gasteiger partial charge in [-0.25, -0.2) is 12.8 Å². The zero-order valence-corrected chi connectivity index (χ0v) is 15.6. The van der Waals surface area contributed by atoms with Crippen LogP contribution in [-0.2, 0) is 14.8 Å². The molecule has 0 spiro atoms. The van der Waals surface area contributed by atoms with Crippen molar-refractivity contribution in [3.8, 4) is 5.75 Å². The van der Waals surface area contributed by atoms with Crippen molar-refractivity contribution in [2.45, 2.75) is 19.4 Å². The van der Waals surface area contributed by atoms with Gasteiger partial charge < -0.3 is 10.1 Å². The minimum absolute atomic E-state index is 0.349. The summed E-state index contributed by atoms with van der Waals surface area (Å²) in [6.45, 7) is 1.79. The van der Waals surface area contributed by atoms with E-state index >= 15 is 0 Å². The first-order chi connectivity index (χ1) is 12.2. The standard InChI is InChI=1S/C18H21FN2O4S/c1-4-17(18(22)20-14-7-5-6-13(19)12-14)25-16-10-8-15(9-11-16)21(2)26(3,23)24/h5-12,17H,4H2,1-3H3,(H,20,22). The minimum Gasteiger partial charge on any atom is -0.481 e. The smallest absolute Gasteiger partial charge is 0.265 e. The van der Waals surface area contributed by atoms with E-state index in [2.05, 4.69) is 5.32 Å². The zero-order chi connectivity index (χ0) is 19.3. The van der Waals surface area contributed by atoms with Crippen LogP contribution in [0.2, 0.25) is 0 Å². The number of ether oxygens (including phenoxy) is 1. The van der Waals surface area contributed by atoms with E-state index in [0.29, 0.717) is 23.5 Å². The summed E-state index contributed by atoms with van der Waals surface area (Å²) in [6.07, 6.45) is 0.754. The van der Waals surface area contributed by atoms with Crippen molar-refractivity contribution in [2.24, 2.45) is 0 Å². The number of nitrogens with zero attached hydrogens (tertiary/aromatic N) is 1. The highest BCUT2D eigenvalue weighted by atomic mass is 32.2. The molecule has 0 aliphatic carbocycles. The molecule has 0 bridgehead atoms. The average Bonchev–Trinajstić information content (AvgIpc) is 2.58. The molecule has 0 aliphatic heterocycles. The molecule has 26 heavy (non-hydrogen) atoms. The molecule has 2 aromatic carbocycles. The monoisotopic (exact) mass is 380 g/mol. The highest BCUT2D eigenvalue weighted by Gasteiger charge is 2.19. The van der Waals surface area contributed by atoms with E-state index in [9.17, 15) is 17.6 Å². The molecule has 1 N–H and O–H groups in total. The Bertz CT molecular complexity index is 869. The van der Waals surface area contributed by atoms with Crippen molar-refractivity contribution >= 4 is 27.3 Å². The quantitative estimate of drug-likeness (QED) is 0.801. The lowest BCUT2D eigenvalue weighted by Gasteiger charge is -2.19. The van der Waals surface area contributed by atoms with Gasteiger partial charge in [-0.1, -0.05) is 13.0 Å². The predicted octanol–water partition coefficient (Wildman–Crippen LogP) is 3.02. The number of hydrogen-bond acceptors (Lipinski definition) is 4. The zero-order valence-electron chi connectivity index (χ0n) is 14.8. The highest BCUT2D eigenvalue weighted by Crippen LogP contribution is 2.22. The molecule has 140 valence electrons. The average molecular weight is 380 g/mol. The van der Waals surface area contributed by atoms with Gasteiger partial charge in [-0.2, -0.15) is 0 Å². The summed E-state index contributed by atoms with van der Waals surface area (Å²) in [6, 6.07) is 12.0. The summed E-state index contributed by atoms with van der Waals surface area (Å²) < 4.78 is 43.1. The van der Waals surface area contributed by atoms with E-state index < -0.39 is 27.9 Å². The third kappa shape index (κ3) is 5.19. The van der Waals surface area contributed by atoms with E-state index in [0.717, 1.165) is 10.6 Å². The van der Waals surface area contributed by atoms with Crippen molar-refractivity contribution in [1.29, 1.82) is 0 Å². The predicted molar refractivity (Wildman–Crippen MR) is 99.4 cm³/mol. The van der Waals surface area contributed by atoms with E-state index in [-0.39, 0.29) is 0 Å². The molecule has 0 aromatic heterocycles. The molecule has 1 atom stereocenters. The van der Waals surface area contributed by atoms with Crippen molar-refractivity contribution in [1.82, 2.24) is 0 Å². The van der Waals surface area contributed by atoms with E-state index in [4.69, 9.17) is 4.74 Å². The van der Waals surface area contributed by atoms with Crippen molar-refractivity contribution in [3.63, 3.8) is 0 Å². The molecule has 8 heteroatoms. The molecule has 0 saturated heterocycles. The molecule has 0 radical (unpaired) electrons.